The summed E-state index contributed by atoms with van der Waals surface area (Å²) < 4.78 is 12.1. The van der Waals surface area contributed by atoms with Crippen molar-refractivity contribution in [3.05, 3.63) is 24.3 Å². The maximum Gasteiger partial charge on any atom is 0.362 e. The Hall–Kier alpha value is -0.450. The lowest BCUT2D eigenvalue weighted by Crippen LogP contribution is -2.49. The van der Waals surface area contributed by atoms with Gasteiger partial charge in [0.25, 0.3) is 0 Å². The van der Waals surface area contributed by atoms with Crippen molar-refractivity contribution in [1.82, 2.24) is 0 Å². The number of hydrogen-bond acceptors (Lipinski definition) is 2. The molecule has 1 atom stereocenters. The summed E-state index contributed by atoms with van der Waals surface area (Å²) in [5.41, 5.74) is 0. The van der Waals surface area contributed by atoms with Crippen LogP contribution >= 0.6 is 7.60 Å². The first-order chi connectivity index (χ1) is 16.5. The van der Waals surface area contributed by atoms with Gasteiger partial charge in [-0.1, -0.05) is 102 Å². The highest BCUT2D eigenvalue weighted by molar-refractivity contribution is 7.53. The van der Waals surface area contributed by atoms with Crippen LogP contribution < -0.4 is 0 Å². The van der Waals surface area contributed by atoms with Crippen LogP contribution in [0.2, 0.25) is 0 Å². The van der Waals surface area contributed by atoms with Gasteiger partial charge in [-0.05, 0) is 51.4 Å². The molecule has 0 rings (SSSR count). The lowest BCUT2D eigenvalue weighted by Gasteiger charge is -2.35. The van der Waals surface area contributed by atoms with Crippen molar-refractivity contribution in [2.75, 3.05) is 27.7 Å². The van der Waals surface area contributed by atoms with E-state index in [1.807, 2.05) is 27.2 Å². The second-order valence-corrected chi connectivity index (χ2v) is 13.3. The van der Waals surface area contributed by atoms with Gasteiger partial charge in [0.1, 0.15) is 6.54 Å². The Morgan fingerprint density at radius 3 is 1.31 bits per heavy atom. The maximum absolute atomic E-state index is 11.8. The van der Waals surface area contributed by atoms with Gasteiger partial charge in [-0.15, -0.1) is 0 Å². The molecule has 0 saturated heterocycles. The Balaban J connectivity index is 3.59. The summed E-state index contributed by atoms with van der Waals surface area (Å²) in [5, 5.41) is 8.57. The maximum atomic E-state index is 11.8. The van der Waals surface area contributed by atoms with Gasteiger partial charge in [0.2, 0.25) is 5.34 Å². The molecule has 6 heteroatoms. The first-order valence-electron chi connectivity index (χ1n) is 14.4. The van der Waals surface area contributed by atoms with Crippen molar-refractivity contribution in [3.63, 3.8) is 0 Å². The van der Waals surface area contributed by atoms with E-state index in [1.54, 1.807) is 0 Å². The quantitative estimate of drug-likeness (QED) is 0.0524. The smallest absolute Gasteiger partial charge is 0.362 e. The summed E-state index contributed by atoms with van der Waals surface area (Å²) in [4.78, 5) is 19.2. The van der Waals surface area contributed by atoms with Gasteiger partial charge in [-0.3, -0.25) is 4.57 Å². The number of allylic oxidation sites excluding steroid dienone is 4. The fourth-order valence-corrected chi connectivity index (χ4v) is 5.52. The fourth-order valence-electron chi connectivity index (χ4n) is 4.49. The summed E-state index contributed by atoms with van der Waals surface area (Å²) >= 11 is 0. The standard InChI is InChI=1S/C29H58NO4P/c1-5-6-7-8-9-10-11-12-13-14-15-16-17-18-19-20-21-22-23-24-25-26-27-29(31,35(32,33)34)28-30(2,3)4/h12-13,24-25,31H,5-11,14-23,26-28H2,1-4H3,(H-,32,33,34)/p+1/b13-12-,25-24-. The number of nitrogens with zero attached hydrogens (tertiary/aromatic N) is 1. The Bertz CT molecular complexity index is 594. The zero-order chi connectivity index (χ0) is 26.5. The van der Waals surface area contributed by atoms with Crippen LogP contribution in [0.15, 0.2) is 24.3 Å². The lowest BCUT2D eigenvalue weighted by molar-refractivity contribution is -0.875. The van der Waals surface area contributed by atoms with Crippen molar-refractivity contribution < 1.29 is 23.9 Å². The third-order valence-corrected chi connectivity index (χ3v) is 7.98. The molecule has 0 radical (unpaired) electrons. The third-order valence-electron chi connectivity index (χ3n) is 6.53. The Morgan fingerprint density at radius 1 is 0.629 bits per heavy atom. The van der Waals surface area contributed by atoms with Crippen LogP contribution in [-0.4, -0.2) is 52.4 Å². The van der Waals surface area contributed by atoms with Gasteiger partial charge in [-0.2, -0.15) is 0 Å². The second kappa shape index (κ2) is 20.6. The van der Waals surface area contributed by atoms with Crippen molar-refractivity contribution in [2.45, 2.75) is 134 Å². The van der Waals surface area contributed by atoms with E-state index in [2.05, 4.69) is 25.2 Å². The predicted molar refractivity (Wildman–Crippen MR) is 152 cm³/mol. The van der Waals surface area contributed by atoms with Crippen LogP contribution in [0.1, 0.15) is 129 Å². The second-order valence-electron chi connectivity index (χ2n) is 11.4. The van der Waals surface area contributed by atoms with E-state index in [0.29, 0.717) is 10.9 Å². The molecule has 3 N–H and O–H groups in total. The van der Waals surface area contributed by atoms with Gasteiger partial charge in [0.15, 0.2) is 0 Å². The molecule has 35 heavy (non-hydrogen) atoms. The molecule has 0 heterocycles. The van der Waals surface area contributed by atoms with Crippen LogP contribution in [0, 0.1) is 0 Å². The van der Waals surface area contributed by atoms with E-state index in [-0.39, 0.29) is 13.0 Å². The van der Waals surface area contributed by atoms with E-state index in [0.717, 1.165) is 12.8 Å². The van der Waals surface area contributed by atoms with Gasteiger partial charge in [0, 0.05) is 0 Å². The van der Waals surface area contributed by atoms with Crippen LogP contribution in [0.4, 0.5) is 0 Å². The van der Waals surface area contributed by atoms with Crippen LogP contribution in [0.5, 0.6) is 0 Å². The average Bonchev–Trinajstić information content (AvgIpc) is 2.75. The molecule has 208 valence electrons. The number of aliphatic hydroxyl groups is 1. The van der Waals surface area contributed by atoms with Crippen molar-refractivity contribution in [1.29, 1.82) is 0 Å². The minimum Gasteiger partial charge on any atom is -0.373 e. The van der Waals surface area contributed by atoms with Crippen molar-refractivity contribution in [2.24, 2.45) is 0 Å². The van der Waals surface area contributed by atoms with Crippen molar-refractivity contribution in [3.8, 4) is 0 Å². The minimum atomic E-state index is -4.58. The first-order valence-corrected chi connectivity index (χ1v) is 16.0. The molecule has 0 saturated carbocycles. The van der Waals surface area contributed by atoms with Gasteiger partial charge < -0.3 is 19.4 Å². The fraction of sp³-hybridized carbons (Fsp3) is 0.862. The molecule has 0 aromatic heterocycles. The van der Waals surface area contributed by atoms with Crippen molar-refractivity contribution >= 4 is 7.60 Å². The molecule has 0 bridgehead atoms. The Morgan fingerprint density at radius 2 is 0.971 bits per heavy atom. The summed E-state index contributed by atoms with van der Waals surface area (Å²) in [6.45, 7) is 2.30. The summed E-state index contributed by atoms with van der Waals surface area (Å²) in [7, 11) is 0.899. The molecule has 0 amide bonds. The van der Waals surface area contributed by atoms with Gasteiger partial charge in [0.05, 0.1) is 21.1 Å². The number of likely N-dealkylation sites (N-methyl/N-ethyl adjacent to an activating group) is 1. The molecule has 0 aromatic rings. The molecule has 0 aromatic carbocycles. The lowest BCUT2D eigenvalue weighted by atomic mass is 10.1. The van der Waals surface area contributed by atoms with E-state index >= 15 is 0 Å². The summed E-state index contributed by atoms with van der Waals surface area (Å²) in [6.07, 6.45) is 31.5. The monoisotopic (exact) mass is 516 g/mol. The highest BCUT2D eigenvalue weighted by Gasteiger charge is 2.48. The predicted octanol–water partition coefficient (Wildman–Crippen LogP) is 8.10. The molecular weight excluding hydrogens is 457 g/mol. The van der Waals surface area contributed by atoms with E-state index in [4.69, 9.17) is 0 Å². The van der Waals surface area contributed by atoms with Gasteiger partial charge in [-0.25, -0.2) is 0 Å². The van der Waals surface area contributed by atoms with Gasteiger partial charge >= 0.3 is 7.60 Å². The topological polar surface area (TPSA) is 77.8 Å². The Labute approximate surface area is 217 Å². The number of hydrogen-bond donors (Lipinski definition) is 3. The number of unbranched alkanes of at least 4 members (excludes halogenated alkanes) is 15. The molecule has 5 nitrogen and oxygen atoms in total. The Kier molecular flexibility index (Phi) is 20.3. The molecule has 0 aliphatic rings. The van der Waals surface area contributed by atoms with Crippen LogP contribution in [-0.2, 0) is 4.57 Å². The molecular formula is C29H59NO4P+. The van der Waals surface area contributed by atoms with E-state index < -0.39 is 12.9 Å². The molecule has 1 unspecified atom stereocenters. The summed E-state index contributed by atoms with van der Waals surface area (Å²) in [5.74, 6) is 0. The largest absolute Gasteiger partial charge is 0.373 e. The normalized spacial score (nSPS) is 14.8. The molecule has 0 aliphatic carbocycles. The average molecular weight is 517 g/mol. The highest BCUT2D eigenvalue weighted by Crippen LogP contribution is 2.52. The molecule has 0 fully saturated rings. The third kappa shape index (κ3) is 21.4. The van der Waals surface area contributed by atoms with E-state index in [9.17, 15) is 19.5 Å². The zero-order valence-corrected chi connectivity index (χ0v) is 24.5. The zero-order valence-electron chi connectivity index (χ0n) is 23.6. The molecule has 0 aliphatic heterocycles. The highest BCUT2D eigenvalue weighted by atomic mass is 31.2. The number of rotatable bonds is 24. The molecule has 0 spiro atoms. The SMILES string of the molecule is CCCCCCCC/C=C\CCCCCCCCCC/C=C\CCC(O)(C[N+](C)(C)C)P(=O)(O)O. The van der Waals surface area contributed by atoms with Crippen LogP contribution in [0.25, 0.3) is 0 Å². The summed E-state index contributed by atoms with van der Waals surface area (Å²) in [6, 6.07) is 0. The first kappa shape index (κ1) is 34.6. The number of quaternary nitrogens is 1. The minimum absolute atomic E-state index is 0.0288. The van der Waals surface area contributed by atoms with Crippen LogP contribution in [0.3, 0.4) is 0 Å². The van der Waals surface area contributed by atoms with E-state index in [1.165, 1.54) is 96.3 Å².